The zero-order valence-electron chi connectivity index (χ0n) is 11.0. The molecular formula is C13H23NOS. The van der Waals surface area contributed by atoms with Crippen LogP contribution in [0.5, 0.6) is 0 Å². The molecule has 1 atom stereocenters. The lowest BCUT2D eigenvalue weighted by Crippen LogP contribution is -2.07. The molecule has 0 aromatic rings. The molecule has 0 aromatic carbocycles. The van der Waals surface area contributed by atoms with Crippen LogP contribution in [0.2, 0.25) is 0 Å². The van der Waals surface area contributed by atoms with E-state index in [0.29, 0.717) is 10.7 Å². The Balaban J connectivity index is 5.00. The van der Waals surface area contributed by atoms with Gasteiger partial charge in [-0.05, 0) is 24.0 Å². The minimum atomic E-state index is -2.62. The van der Waals surface area contributed by atoms with E-state index >= 15 is 0 Å². The van der Waals surface area contributed by atoms with Gasteiger partial charge in [0.05, 0.1) is 9.73 Å². The fraction of sp³-hybridized carbons (Fsp3) is 0.538. The summed E-state index contributed by atoms with van der Waals surface area (Å²) < 4.78 is 19.6. The molecule has 0 saturated heterocycles. The van der Waals surface area contributed by atoms with Crippen LogP contribution in [0.1, 0.15) is 34.6 Å². The highest BCUT2D eigenvalue weighted by Gasteiger charge is 2.13. The normalized spacial score (nSPS) is 17.4. The fourth-order valence-corrected chi connectivity index (χ4v) is 2.00. The summed E-state index contributed by atoms with van der Waals surface area (Å²) >= 11 is 0. The standard InChI is InChI=1S/C13H23NOS/c1-7-12(16(14,15)8-2)10-9-11(3)13(4,5)6/h7,9-10,14H,3,8H2,1-2,4-6H3/b10-9-,12-7+. The van der Waals surface area contributed by atoms with E-state index in [9.17, 15) is 4.21 Å². The maximum atomic E-state index is 11.9. The minimum Gasteiger partial charge on any atom is -0.249 e. The average Bonchev–Trinajstić information content (AvgIpc) is 2.16. The Morgan fingerprint density at radius 1 is 1.38 bits per heavy atom. The van der Waals surface area contributed by atoms with Crippen molar-refractivity contribution >= 4 is 9.73 Å². The molecule has 0 aromatic heterocycles. The molecule has 0 aliphatic carbocycles. The molecule has 16 heavy (non-hydrogen) atoms. The van der Waals surface area contributed by atoms with Crippen LogP contribution in [0, 0.1) is 10.2 Å². The highest BCUT2D eigenvalue weighted by Crippen LogP contribution is 2.25. The van der Waals surface area contributed by atoms with Crippen molar-refractivity contribution in [2.45, 2.75) is 34.6 Å². The van der Waals surface area contributed by atoms with Crippen LogP contribution < -0.4 is 0 Å². The van der Waals surface area contributed by atoms with Crippen molar-refractivity contribution in [2.24, 2.45) is 5.41 Å². The van der Waals surface area contributed by atoms with Crippen LogP contribution in [-0.2, 0) is 9.73 Å². The van der Waals surface area contributed by atoms with Crippen LogP contribution in [0.3, 0.4) is 0 Å². The van der Waals surface area contributed by atoms with Gasteiger partial charge in [0.25, 0.3) is 0 Å². The van der Waals surface area contributed by atoms with Gasteiger partial charge < -0.3 is 0 Å². The van der Waals surface area contributed by atoms with Crippen molar-refractivity contribution < 1.29 is 4.21 Å². The molecule has 0 radical (unpaired) electrons. The lowest BCUT2D eigenvalue weighted by atomic mass is 9.87. The summed E-state index contributed by atoms with van der Waals surface area (Å²) in [4.78, 5) is 0.584. The van der Waals surface area contributed by atoms with Crippen molar-refractivity contribution in [1.29, 1.82) is 4.78 Å². The van der Waals surface area contributed by atoms with Gasteiger partial charge in [0, 0.05) is 10.7 Å². The van der Waals surface area contributed by atoms with Crippen LogP contribution >= 0.6 is 0 Å². The highest BCUT2D eigenvalue weighted by atomic mass is 32.2. The third kappa shape index (κ3) is 4.35. The van der Waals surface area contributed by atoms with E-state index in [0.717, 1.165) is 5.57 Å². The van der Waals surface area contributed by atoms with Crippen molar-refractivity contribution in [3.05, 3.63) is 35.3 Å². The smallest absolute Gasteiger partial charge is 0.0720 e. The Morgan fingerprint density at radius 3 is 2.19 bits per heavy atom. The van der Waals surface area contributed by atoms with Gasteiger partial charge >= 0.3 is 0 Å². The summed E-state index contributed by atoms with van der Waals surface area (Å²) in [6.45, 7) is 13.8. The van der Waals surface area contributed by atoms with Crippen molar-refractivity contribution in [3.8, 4) is 0 Å². The molecule has 2 nitrogen and oxygen atoms in total. The van der Waals surface area contributed by atoms with Crippen molar-refractivity contribution in [2.75, 3.05) is 5.75 Å². The molecule has 92 valence electrons. The third-order valence-corrected chi connectivity index (χ3v) is 4.43. The van der Waals surface area contributed by atoms with Gasteiger partial charge in [-0.1, -0.05) is 46.4 Å². The summed E-state index contributed by atoms with van der Waals surface area (Å²) in [6.07, 6.45) is 5.36. The van der Waals surface area contributed by atoms with E-state index in [1.165, 1.54) is 0 Å². The monoisotopic (exact) mass is 241 g/mol. The summed E-state index contributed by atoms with van der Waals surface area (Å²) in [7, 11) is -2.62. The van der Waals surface area contributed by atoms with Crippen molar-refractivity contribution in [3.63, 3.8) is 0 Å². The van der Waals surface area contributed by atoms with Gasteiger partial charge in [0.15, 0.2) is 0 Å². The Bertz CT molecular complexity index is 406. The van der Waals surface area contributed by atoms with Gasteiger partial charge in [0.1, 0.15) is 0 Å². The molecule has 0 aliphatic rings. The van der Waals surface area contributed by atoms with Crippen LogP contribution in [0.15, 0.2) is 35.3 Å². The van der Waals surface area contributed by atoms with E-state index in [-0.39, 0.29) is 5.41 Å². The molecular weight excluding hydrogens is 218 g/mol. The number of nitrogens with one attached hydrogen (secondary N) is 1. The zero-order valence-corrected chi connectivity index (χ0v) is 11.8. The van der Waals surface area contributed by atoms with Gasteiger partial charge in [-0.2, -0.15) is 0 Å². The molecule has 0 saturated carbocycles. The van der Waals surface area contributed by atoms with Crippen LogP contribution in [0.4, 0.5) is 0 Å². The first-order valence-electron chi connectivity index (χ1n) is 5.45. The second kappa shape index (κ2) is 5.48. The first kappa shape index (κ1) is 15.2. The molecule has 0 amide bonds. The maximum Gasteiger partial charge on any atom is 0.0720 e. The van der Waals surface area contributed by atoms with Crippen molar-refractivity contribution in [1.82, 2.24) is 0 Å². The van der Waals surface area contributed by atoms with E-state index in [4.69, 9.17) is 4.78 Å². The Labute approximate surface area is 100 Å². The number of rotatable bonds is 4. The molecule has 0 fully saturated rings. The highest BCUT2D eigenvalue weighted by molar-refractivity contribution is 7.96. The molecule has 3 heteroatoms. The number of hydrogen-bond donors (Lipinski definition) is 1. The molecule has 1 N–H and O–H groups in total. The molecule has 1 unspecified atom stereocenters. The summed E-state index contributed by atoms with van der Waals surface area (Å²) in [5.74, 6) is 0.346. The molecule has 0 bridgehead atoms. The largest absolute Gasteiger partial charge is 0.249 e. The molecule has 0 aliphatic heterocycles. The van der Waals surface area contributed by atoms with Gasteiger partial charge in [-0.3, -0.25) is 0 Å². The quantitative estimate of drug-likeness (QED) is 0.739. The fourth-order valence-electron chi connectivity index (χ4n) is 0.996. The average molecular weight is 241 g/mol. The van der Waals surface area contributed by atoms with Crippen LogP contribution in [0.25, 0.3) is 0 Å². The number of allylic oxidation sites excluding steroid dienone is 4. The maximum absolute atomic E-state index is 11.9. The Morgan fingerprint density at radius 2 is 1.88 bits per heavy atom. The molecule has 0 heterocycles. The summed E-state index contributed by atoms with van der Waals surface area (Å²) in [5, 5.41) is 0. The SMILES string of the molecule is C=C(/C=C\C(=C/C)S(=N)(=O)CC)C(C)(C)C. The summed E-state index contributed by atoms with van der Waals surface area (Å²) in [5.41, 5.74) is 0.975. The first-order chi connectivity index (χ1) is 7.15. The zero-order chi connectivity index (χ0) is 13.0. The Hall–Kier alpha value is -0.830. The van der Waals surface area contributed by atoms with Gasteiger partial charge in [-0.25, -0.2) is 8.99 Å². The lowest BCUT2D eigenvalue weighted by molar-refractivity contribution is 0.519. The van der Waals surface area contributed by atoms with Gasteiger partial charge in [0.2, 0.25) is 0 Å². The van der Waals surface area contributed by atoms with Gasteiger partial charge in [-0.15, -0.1) is 0 Å². The topological polar surface area (TPSA) is 40.9 Å². The van der Waals surface area contributed by atoms with E-state index in [1.54, 1.807) is 19.1 Å². The minimum absolute atomic E-state index is 0.00444. The van der Waals surface area contributed by atoms with Crippen LogP contribution in [-0.4, -0.2) is 9.96 Å². The summed E-state index contributed by atoms with van der Waals surface area (Å²) in [6, 6.07) is 0. The predicted molar refractivity (Wildman–Crippen MR) is 72.9 cm³/mol. The second-order valence-corrected chi connectivity index (χ2v) is 7.16. The lowest BCUT2D eigenvalue weighted by Gasteiger charge is -2.18. The third-order valence-electron chi connectivity index (χ3n) is 2.48. The number of hydrogen-bond acceptors (Lipinski definition) is 2. The second-order valence-electron chi connectivity index (χ2n) is 4.76. The van der Waals surface area contributed by atoms with E-state index < -0.39 is 9.73 Å². The first-order valence-corrected chi connectivity index (χ1v) is 7.18. The molecule has 0 spiro atoms. The molecule has 0 rings (SSSR count). The Kier molecular flexibility index (Phi) is 5.20. The van der Waals surface area contributed by atoms with E-state index in [1.807, 2.05) is 13.0 Å². The van der Waals surface area contributed by atoms with E-state index in [2.05, 4.69) is 27.4 Å². The predicted octanol–water partition coefficient (Wildman–Crippen LogP) is 4.12.